The van der Waals surface area contributed by atoms with E-state index in [1.807, 2.05) is 0 Å². The van der Waals surface area contributed by atoms with E-state index in [0.717, 1.165) is 4.90 Å². The molecule has 1 saturated heterocycles. The summed E-state index contributed by atoms with van der Waals surface area (Å²) in [6, 6.07) is 6.48. The number of hydrogen-bond donors (Lipinski definition) is 1. The van der Waals surface area contributed by atoms with Crippen molar-refractivity contribution >= 4 is 11.9 Å². The summed E-state index contributed by atoms with van der Waals surface area (Å²) >= 11 is 0. The third-order valence-electron chi connectivity index (χ3n) is 3.90. The van der Waals surface area contributed by atoms with Crippen molar-refractivity contribution in [1.82, 2.24) is 4.90 Å². The fourth-order valence-corrected chi connectivity index (χ4v) is 2.54. The van der Waals surface area contributed by atoms with Gasteiger partial charge in [0.1, 0.15) is 0 Å². The summed E-state index contributed by atoms with van der Waals surface area (Å²) in [4.78, 5) is 24.2. The van der Waals surface area contributed by atoms with Gasteiger partial charge in [-0.15, -0.1) is 0 Å². The summed E-state index contributed by atoms with van der Waals surface area (Å²) in [5, 5.41) is 9.02. The number of halogens is 2. The summed E-state index contributed by atoms with van der Waals surface area (Å²) in [5.41, 5.74) is -0.375. The molecule has 1 fully saturated rings. The average Bonchev–Trinajstić information content (AvgIpc) is 2.47. The van der Waals surface area contributed by atoms with E-state index < -0.39 is 23.7 Å². The molecule has 2 unspecified atom stereocenters. The molecule has 4 nitrogen and oxygen atoms in total. The number of carboxylic acid groups (broad SMARTS) is 1. The normalized spacial score (nSPS) is 22.9. The zero-order chi connectivity index (χ0) is 15.6. The van der Waals surface area contributed by atoms with Crippen LogP contribution in [0.15, 0.2) is 30.3 Å². The molecule has 2 rings (SSSR count). The Hall–Kier alpha value is -1.98. The van der Waals surface area contributed by atoms with Crippen LogP contribution in [0.5, 0.6) is 0 Å². The highest BCUT2D eigenvalue weighted by atomic mass is 19.3. The molecule has 6 heteroatoms. The maximum absolute atomic E-state index is 14.3. The number of rotatable bonds is 3. The molecule has 1 heterocycles. The van der Waals surface area contributed by atoms with Crippen molar-refractivity contribution in [2.24, 2.45) is 5.92 Å². The van der Waals surface area contributed by atoms with Crippen LogP contribution < -0.4 is 0 Å². The summed E-state index contributed by atoms with van der Waals surface area (Å²) in [7, 11) is 0. The molecule has 1 amide bonds. The lowest BCUT2D eigenvalue weighted by Crippen LogP contribution is -2.52. The van der Waals surface area contributed by atoms with Crippen molar-refractivity contribution in [3.05, 3.63) is 35.9 Å². The van der Waals surface area contributed by atoms with E-state index >= 15 is 0 Å². The number of aliphatic carboxylic acids is 1. The van der Waals surface area contributed by atoms with Gasteiger partial charge in [0.05, 0.1) is 5.92 Å². The van der Waals surface area contributed by atoms with Gasteiger partial charge in [-0.2, -0.15) is 8.78 Å². The molecule has 2 atom stereocenters. The number of alkyl halides is 2. The lowest BCUT2D eigenvalue weighted by Gasteiger charge is -2.38. The van der Waals surface area contributed by atoms with Crippen LogP contribution in [0, 0.1) is 5.92 Å². The molecule has 0 saturated carbocycles. The van der Waals surface area contributed by atoms with Gasteiger partial charge in [-0.3, -0.25) is 9.59 Å². The van der Waals surface area contributed by atoms with Gasteiger partial charge < -0.3 is 10.0 Å². The van der Waals surface area contributed by atoms with Gasteiger partial charge in [-0.25, -0.2) is 0 Å². The van der Waals surface area contributed by atoms with Crippen LogP contribution in [0.4, 0.5) is 8.78 Å². The highest BCUT2D eigenvalue weighted by molar-refractivity contribution is 5.86. The maximum Gasteiger partial charge on any atom is 0.349 e. The molecule has 114 valence electrons. The fraction of sp³-hybridized carbons (Fsp3) is 0.467. The smallest absolute Gasteiger partial charge is 0.349 e. The Bertz CT molecular complexity index is 533. The third-order valence-corrected chi connectivity index (χ3v) is 3.90. The van der Waals surface area contributed by atoms with E-state index in [-0.39, 0.29) is 18.2 Å². The second-order valence-electron chi connectivity index (χ2n) is 5.36. The molecule has 0 radical (unpaired) electrons. The van der Waals surface area contributed by atoms with Crippen molar-refractivity contribution in [2.45, 2.75) is 31.7 Å². The van der Waals surface area contributed by atoms with Crippen LogP contribution in [0.3, 0.4) is 0 Å². The predicted molar refractivity (Wildman–Crippen MR) is 71.9 cm³/mol. The molecule has 0 aromatic heterocycles. The van der Waals surface area contributed by atoms with Gasteiger partial charge in [0.2, 0.25) is 0 Å². The first-order valence-electron chi connectivity index (χ1n) is 6.81. The van der Waals surface area contributed by atoms with Gasteiger partial charge in [0.15, 0.2) is 0 Å². The first-order chi connectivity index (χ1) is 9.84. The minimum Gasteiger partial charge on any atom is -0.481 e. The van der Waals surface area contributed by atoms with E-state index in [9.17, 15) is 18.4 Å². The summed E-state index contributed by atoms with van der Waals surface area (Å²) in [6.45, 7) is 1.49. The quantitative estimate of drug-likeness (QED) is 0.932. The van der Waals surface area contributed by atoms with Gasteiger partial charge >= 0.3 is 11.9 Å². The third kappa shape index (κ3) is 3.04. The highest BCUT2D eigenvalue weighted by Gasteiger charge is 2.47. The number of carbonyl (C=O) groups is 2. The second-order valence-corrected chi connectivity index (χ2v) is 5.36. The topological polar surface area (TPSA) is 57.6 Å². The number of nitrogens with zero attached hydrogens (tertiary/aromatic N) is 1. The fourth-order valence-electron chi connectivity index (χ4n) is 2.54. The molecule has 0 aliphatic carbocycles. The molecule has 1 N–H and O–H groups in total. The van der Waals surface area contributed by atoms with Gasteiger partial charge in [0, 0.05) is 18.2 Å². The number of amides is 1. The summed E-state index contributed by atoms with van der Waals surface area (Å²) < 4.78 is 28.6. The largest absolute Gasteiger partial charge is 0.481 e. The molecule has 21 heavy (non-hydrogen) atoms. The van der Waals surface area contributed by atoms with Crippen molar-refractivity contribution in [3.63, 3.8) is 0 Å². The van der Waals surface area contributed by atoms with E-state index in [2.05, 4.69) is 0 Å². The molecular formula is C15H17F2NO3. The van der Waals surface area contributed by atoms with E-state index in [1.165, 1.54) is 24.3 Å². The Morgan fingerprint density at radius 2 is 1.86 bits per heavy atom. The monoisotopic (exact) mass is 297 g/mol. The molecule has 1 aliphatic rings. The van der Waals surface area contributed by atoms with E-state index in [1.54, 1.807) is 13.0 Å². The maximum atomic E-state index is 14.3. The Balaban J connectivity index is 2.23. The van der Waals surface area contributed by atoms with Gasteiger partial charge in [-0.1, -0.05) is 30.3 Å². The highest BCUT2D eigenvalue weighted by Crippen LogP contribution is 2.33. The Morgan fingerprint density at radius 1 is 1.24 bits per heavy atom. The van der Waals surface area contributed by atoms with Gasteiger partial charge in [-0.05, 0) is 19.8 Å². The second kappa shape index (κ2) is 5.79. The van der Waals surface area contributed by atoms with Crippen molar-refractivity contribution in [3.8, 4) is 0 Å². The van der Waals surface area contributed by atoms with E-state index in [4.69, 9.17) is 5.11 Å². The predicted octanol–water partition coefficient (Wildman–Crippen LogP) is 2.49. The number of benzene rings is 1. The molecular weight excluding hydrogens is 280 g/mol. The SMILES string of the molecule is CC1CCC(C(=O)O)CN1C(=O)C(F)(F)c1ccccc1. The molecule has 0 bridgehead atoms. The standard InChI is InChI=1S/C15H17F2NO3/c1-10-7-8-11(13(19)20)9-18(10)14(21)15(16,17)12-5-3-2-4-6-12/h2-6,10-11H,7-9H2,1H3,(H,19,20). The Morgan fingerprint density at radius 3 is 2.43 bits per heavy atom. The minimum absolute atomic E-state index is 0.169. The molecule has 0 spiro atoms. The Labute approximate surface area is 121 Å². The molecule has 1 aromatic carbocycles. The van der Waals surface area contributed by atoms with Crippen LogP contribution in [0.2, 0.25) is 0 Å². The lowest BCUT2D eigenvalue weighted by molar-refractivity contribution is -0.165. The van der Waals surface area contributed by atoms with Crippen molar-refractivity contribution in [1.29, 1.82) is 0 Å². The minimum atomic E-state index is -3.64. The number of likely N-dealkylation sites (tertiary alicyclic amines) is 1. The average molecular weight is 297 g/mol. The van der Waals surface area contributed by atoms with Crippen molar-refractivity contribution in [2.75, 3.05) is 6.54 Å². The first-order valence-corrected chi connectivity index (χ1v) is 6.81. The Kier molecular flexibility index (Phi) is 4.25. The van der Waals surface area contributed by atoms with Crippen LogP contribution in [0.25, 0.3) is 0 Å². The number of hydrogen-bond acceptors (Lipinski definition) is 2. The van der Waals surface area contributed by atoms with Crippen molar-refractivity contribution < 1.29 is 23.5 Å². The van der Waals surface area contributed by atoms with E-state index in [0.29, 0.717) is 12.8 Å². The summed E-state index contributed by atoms with van der Waals surface area (Å²) in [5.74, 6) is -6.80. The van der Waals surface area contributed by atoms with Gasteiger partial charge in [0.25, 0.3) is 5.91 Å². The van der Waals surface area contributed by atoms with Crippen LogP contribution in [0.1, 0.15) is 25.3 Å². The zero-order valence-corrected chi connectivity index (χ0v) is 11.6. The number of carboxylic acids is 1. The number of carbonyl (C=O) groups excluding carboxylic acids is 1. The lowest BCUT2D eigenvalue weighted by atomic mass is 9.92. The number of piperidine rings is 1. The molecule has 1 aliphatic heterocycles. The summed E-state index contributed by atoms with van der Waals surface area (Å²) in [6.07, 6.45) is 0.810. The van der Waals surface area contributed by atoms with Crippen LogP contribution in [-0.2, 0) is 15.5 Å². The molecule has 1 aromatic rings. The zero-order valence-electron chi connectivity index (χ0n) is 11.6. The van der Waals surface area contributed by atoms with Crippen LogP contribution >= 0.6 is 0 Å². The first kappa shape index (κ1) is 15.4. The van der Waals surface area contributed by atoms with Crippen LogP contribution in [-0.4, -0.2) is 34.5 Å².